The first kappa shape index (κ1) is 12.3. The van der Waals surface area contributed by atoms with Gasteiger partial charge in [0.1, 0.15) is 11.5 Å². The van der Waals surface area contributed by atoms with Crippen molar-refractivity contribution in [1.29, 1.82) is 0 Å². The minimum Gasteiger partial charge on any atom is -0.344 e. The summed E-state index contributed by atoms with van der Waals surface area (Å²) in [5.41, 5.74) is 8.05. The normalized spacial score (nSPS) is 14.8. The van der Waals surface area contributed by atoms with Gasteiger partial charge < -0.3 is 10.7 Å². The maximum atomic E-state index is 6.29. The molecule has 0 fully saturated rings. The molecule has 0 aromatic carbocycles. The molecule has 0 aliphatic rings. The summed E-state index contributed by atoms with van der Waals surface area (Å²) in [6.45, 7) is 6.22. The number of thiophene rings is 1. The lowest BCUT2D eigenvalue weighted by atomic mass is 9.97. The van der Waals surface area contributed by atoms with E-state index in [1.54, 1.807) is 11.3 Å². The van der Waals surface area contributed by atoms with E-state index in [9.17, 15) is 0 Å². The van der Waals surface area contributed by atoms with Crippen molar-refractivity contribution in [3.8, 4) is 10.6 Å². The lowest BCUT2D eigenvalue weighted by Gasteiger charge is -2.20. The van der Waals surface area contributed by atoms with Crippen LogP contribution in [0.2, 0.25) is 0 Å². The average Bonchev–Trinajstić information content (AvgIpc) is 2.85. The molecule has 0 aliphatic heterocycles. The Morgan fingerprint density at radius 2 is 2.29 bits per heavy atom. The summed E-state index contributed by atoms with van der Waals surface area (Å²) in [5.74, 6) is 0.889. The molecular formula is C13H19N3S. The molecule has 92 valence electrons. The van der Waals surface area contributed by atoms with E-state index >= 15 is 0 Å². The number of aryl methyl sites for hydroxylation is 1. The van der Waals surface area contributed by atoms with E-state index < -0.39 is 0 Å². The molecule has 3 nitrogen and oxygen atoms in total. The second kappa shape index (κ2) is 4.63. The van der Waals surface area contributed by atoms with Crippen LogP contribution in [0.1, 0.15) is 38.2 Å². The van der Waals surface area contributed by atoms with Crippen LogP contribution >= 0.6 is 11.3 Å². The third-order valence-corrected chi connectivity index (χ3v) is 3.83. The predicted molar refractivity (Wildman–Crippen MR) is 73.1 cm³/mol. The van der Waals surface area contributed by atoms with Crippen molar-refractivity contribution >= 4 is 11.3 Å². The van der Waals surface area contributed by atoms with Gasteiger partial charge in [0.05, 0.1) is 10.4 Å². The fourth-order valence-corrected chi connectivity index (χ4v) is 2.79. The number of rotatable bonds is 4. The Labute approximate surface area is 106 Å². The Morgan fingerprint density at radius 3 is 2.88 bits per heavy atom. The van der Waals surface area contributed by atoms with Crippen LogP contribution in [0.3, 0.4) is 0 Å². The van der Waals surface area contributed by atoms with Gasteiger partial charge in [-0.25, -0.2) is 4.98 Å². The summed E-state index contributed by atoms with van der Waals surface area (Å²) in [4.78, 5) is 9.19. The zero-order valence-electron chi connectivity index (χ0n) is 10.6. The zero-order valence-corrected chi connectivity index (χ0v) is 11.4. The van der Waals surface area contributed by atoms with Crippen LogP contribution in [-0.4, -0.2) is 9.97 Å². The molecule has 2 rings (SSSR count). The summed E-state index contributed by atoms with van der Waals surface area (Å²) in [6, 6.07) is 4.13. The highest BCUT2D eigenvalue weighted by Crippen LogP contribution is 2.29. The van der Waals surface area contributed by atoms with Crippen LogP contribution in [0.15, 0.2) is 17.5 Å². The van der Waals surface area contributed by atoms with Crippen molar-refractivity contribution in [2.75, 3.05) is 0 Å². The summed E-state index contributed by atoms with van der Waals surface area (Å²) >= 11 is 1.70. The number of aromatic amines is 1. The number of hydrogen-bond donors (Lipinski definition) is 2. The van der Waals surface area contributed by atoms with Gasteiger partial charge in [0.25, 0.3) is 0 Å². The Kier molecular flexibility index (Phi) is 3.35. The van der Waals surface area contributed by atoms with Gasteiger partial charge in [-0.2, -0.15) is 0 Å². The lowest BCUT2D eigenvalue weighted by Crippen LogP contribution is -2.34. The summed E-state index contributed by atoms with van der Waals surface area (Å²) in [6.07, 6.45) is 1.99. The third kappa shape index (κ3) is 2.42. The number of nitrogens with one attached hydrogen (secondary N) is 1. The number of aromatic nitrogens is 2. The molecule has 1 atom stereocenters. The molecule has 2 heterocycles. The van der Waals surface area contributed by atoms with Crippen molar-refractivity contribution in [1.82, 2.24) is 9.97 Å². The van der Waals surface area contributed by atoms with Crippen molar-refractivity contribution in [2.45, 2.75) is 39.2 Å². The molecule has 3 N–H and O–H groups in total. The van der Waals surface area contributed by atoms with Crippen molar-refractivity contribution in [3.63, 3.8) is 0 Å². The van der Waals surface area contributed by atoms with Gasteiger partial charge in [-0.15, -0.1) is 11.3 Å². The predicted octanol–water partition coefficient (Wildman–Crippen LogP) is 3.42. The SMILES string of the molecule is CCCC(C)(N)c1nc(-c2cccs2)c(C)[nH]1. The molecule has 2 aromatic heterocycles. The van der Waals surface area contributed by atoms with Gasteiger partial charge in [-0.3, -0.25) is 0 Å². The number of hydrogen-bond acceptors (Lipinski definition) is 3. The Balaban J connectivity index is 2.37. The van der Waals surface area contributed by atoms with Crippen LogP contribution in [-0.2, 0) is 5.54 Å². The molecule has 0 aliphatic carbocycles. The Hall–Kier alpha value is -1.13. The van der Waals surface area contributed by atoms with E-state index in [1.165, 1.54) is 4.88 Å². The standard InChI is InChI=1S/C13H19N3S/c1-4-7-13(3,14)12-15-9(2)11(16-12)10-6-5-8-17-10/h5-6,8H,4,7,14H2,1-3H3,(H,15,16). The first-order valence-electron chi connectivity index (χ1n) is 5.94. The van der Waals surface area contributed by atoms with Crippen LogP contribution in [0.4, 0.5) is 0 Å². The maximum absolute atomic E-state index is 6.29. The van der Waals surface area contributed by atoms with Gasteiger partial charge in [0.2, 0.25) is 0 Å². The molecule has 4 heteroatoms. The molecule has 1 unspecified atom stereocenters. The van der Waals surface area contributed by atoms with Gasteiger partial charge in [0.15, 0.2) is 0 Å². The van der Waals surface area contributed by atoms with Crippen LogP contribution in [0.25, 0.3) is 10.6 Å². The van der Waals surface area contributed by atoms with E-state index in [1.807, 2.05) is 19.9 Å². The minimum absolute atomic E-state index is 0.366. The summed E-state index contributed by atoms with van der Waals surface area (Å²) in [5, 5.41) is 2.07. The first-order chi connectivity index (χ1) is 8.04. The molecular weight excluding hydrogens is 230 g/mol. The van der Waals surface area contributed by atoms with Gasteiger partial charge in [-0.05, 0) is 31.7 Å². The number of nitrogens with zero attached hydrogens (tertiary/aromatic N) is 1. The Morgan fingerprint density at radius 1 is 1.53 bits per heavy atom. The number of nitrogens with two attached hydrogens (primary N) is 1. The van der Waals surface area contributed by atoms with Crippen molar-refractivity contribution in [2.24, 2.45) is 5.73 Å². The number of imidazole rings is 1. The first-order valence-corrected chi connectivity index (χ1v) is 6.82. The van der Waals surface area contributed by atoms with Gasteiger partial charge in [0, 0.05) is 5.69 Å². The van der Waals surface area contributed by atoms with Crippen molar-refractivity contribution in [3.05, 3.63) is 29.0 Å². The molecule has 0 spiro atoms. The van der Waals surface area contributed by atoms with Gasteiger partial charge in [-0.1, -0.05) is 19.4 Å². The lowest BCUT2D eigenvalue weighted by molar-refractivity contribution is 0.423. The third-order valence-electron chi connectivity index (χ3n) is 2.95. The largest absolute Gasteiger partial charge is 0.344 e. The highest BCUT2D eigenvalue weighted by Gasteiger charge is 2.25. The molecule has 2 aromatic rings. The highest BCUT2D eigenvalue weighted by atomic mass is 32.1. The summed E-state index contributed by atoms with van der Waals surface area (Å²) < 4.78 is 0. The Bertz CT molecular complexity index is 483. The monoisotopic (exact) mass is 249 g/mol. The van der Waals surface area contributed by atoms with Crippen LogP contribution in [0, 0.1) is 6.92 Å². The molecule has 0 bridgehead atoms. The quantitative estimate of drug-likeness (QED) is 0.872. The van der Waals surface area contributed by atoms with Crippen molar-refractivity contribution < 1.29 is 0 Å². The van der Waals surface area contributed by atoms with E-state index in [0.717, 1.165) is 30.1 Å². The van der Waals surface area contributed by atoms with E-state index in [4.69, 9.17) is 5.73 Å². The fourth-order valence-electron chi connectivity index (χ4n) is 2.02. The average molecular weight is 249 g/mol. The minimum atomic E-state index is -0.366. The second-order valence-electron chi connectivity index (χ2n) is 4.70. The zero-order chi connectivity index (χ0) is 12.5. The van der Waals surface area contributed by atoms with E-state index in [-0.39, 0.29) is 5.54 Å². The van der Waals surface area contributed by atoms with E-state index in [0.29, 0.717) is 0 Å². The fraction of sp³-hybridized carbons (Fsp3) is 0.462. The molecule has 0 amide bonds. The summed E-state index contributed by atoms with van der Waals surface area (Å²) in [7, 11) is 0. The molecule has 0 saturated carbocycles. The highest BCUT2D eigenvalue weighted by molar-refractivity contribution is 7.13. The molecule has 17 heavy (non-hydrogen) atoms. The smallest absolute Gasteiger partial charge is 0.126 e. The maximum Gasteiger partial charge on any atom is 0.126 e. The van der Waals surface area contributed by atoms with E-state index in [2.05, 4.69) is 28.3 Å². The molecule has 0 saturated heterocycles. The molecule has 0 radical (unpaired) electrons. The topological polar surface area (TPSA) is 54.7 Å². The number of H-pyrrole nitrogens is 1. The van der Waals surface area contributed by atoms with Crippen LogP contribution in [0.5, 0.6) is 0 Å². The van der Waals surface area contributed by atoms with Gasteiger partial charge >= 0.3 is 0 Å². The second-order valence-corrected chi connectivity index (χ2v) is 5.65. The van der Waals surface area contributed by atoms with Crippen LogP contribution < -0.4 is 5.73 Å².